The lowest BCUT2D eigenvalue weighted by atomic mass is 10.3. The molecule has 0 bridgehead atoms. The van der Waals surface area contributed by atoms with Crippen LogP contribution in [-0.4, -0.2) is 26.3 Å². The van der Waals surface area contributed by atoms with Gasteiger partial charge in [0.25, 0.3) is 0 Å². The van der Waals surface area contributed by atoms with Crippen molar-refractivity contribution in [2.75, 3.05) is 6.54 Å². The Bertz CT molecular complexity index is 670. The fraction of sp³-hybridized carbons (Fsp3) is 0.100. The maximum atomic E-state index is 11.3. The van der Waals surface area contributed by atoms with Gasteiger partial charge in [0, 0.05) is 0 Å². The van der Waals surface area contributed by atoms with Crippen molar-refractivity contribution in [2.24, 2.45) is 5.73 Å². The first-order valence-electron chi connectivity index (χ1n) is 4.78. The van der Waals surface area contributed by atoms with E-state index in [9.17, 15) is 9.59 Å². The highest BCUT2D eigenvalue weighted by Crippen LogP contribution is 1.99. The summed E-state index contributed by atoms with van der Waals surface area (Å²) in [5.41, 5.74) is 4.53. The van der Waals surface area contributed by atoms with E-state index in [2.05, 4.69) is 27.0 Å². The van der Waals surface area contributed by atoms with Crippen LogP contribution in [0.15, 0.2) is 27.8 Å². The van der Waals surface area contributed by atoms with Gasteiger partial charge in [0.15, 0.2) is 0 Å². The van der Waals surface area contributed by atoms with Crippen LogP contribution in [0.2, 0.25) is 0 Å². The summed E-state index contributed by atoms with van der Waals surface area (Å²) < 4.78 is 0.883. The number of H-pyrrole nitrogens is 2. The number of rotatable bonds is 1. The van der Waals surface area contributed by atoms with Gasteiger partial charge >= 0.3 is 11.4 Å². The molecule has 0 aromatic carbocycles. The third-order valence-corrected chi connectivity index (χ3v) is 1.96. The van der Waals surface area contributed by atoms with Crippen molar-refractivity contribution in [2.45, 2.75) is 0 Å². The van der Waals surface area contributed by atoms with Crippen molar-refractivity contribution in [3.05, 3.63) is 44.9 Å². The normalized spacial score (nSPS) is 9.71. The molecule has 0 atom stereocenters. The molecule has 2 heterocycles. The number of nitrogens with one attached hydrogen (secondary N) is 2. The minimum Gasteiger partial charge on any atom is -0.320 e. The fourth-order valence-electron chi connectivity index (χ4n) is 1.28. The third-order valence-electron chi connectivity index (χ3n) is 1.96. The monoisotopic (exact) mass is 231 g/mol. The number of aromatic amines is 2. The Labute approximate surface area is 95.3 Å². The van der Waals surface area contributed by atoms with Crippen LogP contribution in [0.25, 0.3) is 5.82 Å². The fourth-order valence-corrected chi connectivity index (χ4v) is 1.28. The zero-order chi connectivity index (χ0) is 12.3. The standard InChI is InChI=1S/C10H9N5O2/c11-6-2-4-7-3-1-5-8(12-7)15-9(16)13-14-10(15)17/h1,3,5H,6,11H2,(H,13,16)(H,14,17). The van der Waals surface area contributed by atoms with Gasteiger partial charge in [-0.25, -0.2) is 24.8 Å². The molecular weight excluding hydrogens is 222 g/mol. The largest absolute Gasteiger partial charge is 0.350 e. The lowest BCUT2D eigenvalue weighted by molar-refractivity contribution is 0.905. The molecular formula is C10H9N5O2. The minimum absolute atomic E-state index is 0.210. The summed E-state index contributed by atoms with van der Waals surface area (Å²) in [4.78, 5) is 26.8. The molecule has 0 fully saturated rings. The first kappa shape index (κ1) is 10.9. The van der Waals surface area contributed by atoms with Crippen LogP contribution in [0.5, 0.6) is 0 Å². The van der Waals surface area contributed by atoms with Crippen LogP contribution < -0.4 is 17.1 Å². The average molecular weight is 231 g/mol. The number of aromatic nitrogens is 4. The van der Waals surface area contributed by atoms with Crippen molar-refractivity contribution in [1.82, 2.24) is 19.7 Å². The molecule has 4 N–H and O–H groups in total. The lowest BCUT2D eigenvalue weighted by Crippen LogP contribution is -2.25. The summed E-state index contributed by atoms with van der Waals surface area (Å²) in [6, 6.07) is 4.86. The van der Waals surface area contributed by atoms with E-state index in [-0.39, 0.29) is 12.4 Å². The molecule has 7 nitrogen and oxygen atoms in total. The van der Waals surface area contributed by atoms with E-state index in [1.807, 2.05) is 0 Å². The average Bonchev–Trinajstić information content (AvgIpc) is 2.67. The van der Waals surface area contributed by atoms with Crippen LogP contribution >= 0.6 is 0 Å². The lowest BCUT2D eigenvalue weighted by Gasteiger charge is -1.97. The summed E-state index contributed by atoms with van der Waals surface area (Å²) in [6.45, 7) is 0.219. The summed E-state index contributed by atoms with van der Waals surface area (Å²) >= 11 is 0. The summed E-state index contributed by atoms with van der Waals surface area (Å²) in [5.74, 6) is 5.57. The van der Waals surface area contributed by atoms with Gasteiger partial charge in [-0.3, -0.25) is 0 Å². The molecule has 0 spiro atoms. The highest BCUT2D eigenvalue weighted by molar-refractivity contribution is 5.33. The highest BCUT2D eigenvalue weighted by atomic mass is 16.2. The topological polar surface area (TPSA) is 110 Å². The van der Waals surface area contributed by atoms with Crippen LogP contribution in [0.1, 0.15) is 5.69 Å². The molecule has 17 heavy (non-hydrogen) atoms. The number of pyridine rings is 1. The number of hydrogen-bond acceptors (Lipinski definition) is 4. The van der Waals surface area contributed by atoms with E-state index >= 15 is 0 Å². The second-order valence-electron chi connectivity index (χ2n) is 3.08. The van der Waals surface area contributed by atoms with Gasteiger partial charge in [0.2, 0.25) is 0 Å². The Morgan fingerprint density at radius 2 is 2.00 bits per heavy atom. The predicted molar refractivity (Wildman–Crippen MR) is 60.7 cm³/mol. The summed E-state index contributed by atoms with van der Waals surface area (Å²) in [7, 11) is 0. The highest BCUT2D eigenvalue weighted by Gasteiger charge is 2.06. The zero-order valence-electron chi connectivity index (χ0n) is 8.73. The first-order valence-corrected chi connectivity index (χ1v) is 4.78. The zero-order valence-corrected chi connectivity index (χ0v) is 8.73. The van der Waals surface area contributed by atoms with Crippen LogP contribution in [-0.2, 0) is 0 Å². The van der Waals surface area contributed by atoms with Gasteiger partial charge in [0.05, 0.1) is 6.54 Å². The molecule has 2 aromatic heterocycles. The maximum absolute atomic E-state index is 11.3. The molecule has 0 amide bonds. The minimum atomic E-state index is -0.577. The Morgan fingerprint density at radius 1 is 1.29 bits per heavy atom. The van der Waals surface area contributed by atoms with Gasteiger partial charge < -0.3 is 5.73 Å². The van der Waals surface area contributed by atoms with E-state index in [1.54, 1.807) is 12.1 Å². The molecule has 2 aromatic rings. The van der Waals surface area contributed by atoms with Crippen LogP contribution in [0.4, 0.5) is 0 Å². The van der Waals surface area contributed by atoms with E-state index in [0.717, 1.165) is 4.57 Å². The van der Waals surface area contributed by atoms with Gasteiger partial charge in [-0.05, 0) is 18.1 Å². The maximum Gasteiger partial charge on any atom is 0.350 e. The van der Waals surface area contributed by atoms with Crippen molar-refractivity contribution >= 4 is 0 Å². The Balaban J connectivity index is 2.54. The van der Waals surface area contributed by atoms with Gasteiger partial charge in [-0.2, -0.15) is 4.57 Å². The van der Waals surface area contributed by atoms with E-state index in [4.69, 9.17) is 5.73 Å². The first-order chi connectivity index (χ1) is 8.22. The summed E-state index contributed by atoms with van der Waals surface area (Å²) in [5, 5.41) is 4.34. The van der Waals surface area contributed by atoms with Crippen molar-refractivity contribution in [1.29, 1.82) is 0 Å². The van der Waals surface area contributed by atoms with Gasteiger partial charge in [0.1, 0.15) is 11.5 Å². The van der Waals surface area contributed by atoms with Gasteiger partial charge in [-0.1, -0.05) is 12.0 Å². The second kappa shape index (κ2) is 4.51. The molecule has 7 heteroatoms. The molecule has 0 unspecified atom stereocenters. The Kier molecular flexibility index (Phi) is 2.89. The van der Waals surface area contributed by atoms with E-state index < -0.39 is 11.4 Å². The molecule has 0 aliphatic rings. The predicted octanol–water partition coefficient (Wildman–Crippen LogP) is -1.44. The molecule has 0 saturated heterocycles. The molecule has 0 aliphatic carbocycles. The van der Waals surface area contributed by atoms with Crippen LogP contribution in [0.3, 0.4) is 0 Å². The molecule has 2 rings (SSSR count). The van der Waals surface area contributed by atoms with Crippen LogP contribution in [0, 0.1) is 11.8 Å². The smallest absolute Gasteiger partial charge is 0.320 e. The van der Waals surface area contributed by atoms with Crippen molar-refractivity contribution in [3.63, 3.8) is 0 Å². The Morgan fingerprint density at radius 3 is 2.65 bits per heavy atom. The molecule has 86 valence electrons. The number of hydrogen-bond donors (Lipinski definition) is 3. The molecule has 0 aliphatic heterocycles. The molecule has 0 saturated carbocycles. The quantitative estimate of drug-likeness (QED) is 0.522. The Hall–Kier alpha value is -2.59. The van der Waals surface area contributed by atoms with E-state index in [0.29, 0.717) is 5.69 Å². The van der Waals surface area contributed by atoms with Gasteiger partial charge in [-0.15, -0.1) is 0 Å². The number of nitrogens with zero attached hydrogens (tertiary/aromatic N) is 2. The van der Waals surface area contributed by atoms with E-state index in [1.165, 1.54) is 6.07 Å². The number of nitrogens with two attached hydrogens (primary N) is 1. The third kappa shape index (κ3) is 2.16. The van der Waals surface area contributed by atoms with Crippen molar-refractivity contribution in [3.8, 4) is 17.7 Å². The SMILES string of the molecule is NCC#Cc1cccc(-n2c(=O)[nH][nH]c2=O)n1. The molecule has 0 radical (unpaired) electrons. The second-order valence-corrected chi connectivity index (χ2v) is 3.08. The summed E-state index contributed by atoms with van der Waals surface area (Å²) in [6.07, 6.45) is 0. The van der Waals surface area contributed by atoms with Crippen molar-refractivity contribution < 1.29 is 0 Å².